The number of aromatic amines is 1. The van der Waals surface area contributed by atoms with E-state index in [2.05, 4.69) is 38.8 Å². The highest BCUT2D eigenvalue weighted by Crippen LogP contribution is 2.43. The minimum atomic E-state index is -3.48. The Morgan fingerprint density at radius 3 is 1.91 bits per heavy atom. The molecule has 1 fully saturated rings. The van der Waals surface area contributed by atoms with E-state index in [-0.39, 0.29) is 36.2 Å². The number of aromatic nitrogens is 2. The van der Waals surface area contributed by atoms with Gasteiger partial charge in [-0.25, -0.2) is 13.2 Å². The highest BCUT2D eigenvalue weighted by molar-refractivity contribution is 7.90. The van der Waals surface area contributed by atoms with Crippen molar-refractivity contribution in [1.82, 2.24) is 9.55 Å². The van der Waals surface area contributed by atoms with Gasteiger partial charge in [-0.1, -0.05) is 69.3 Å². The van der Waals surface area contributed by atoms with Gasteiger partial charge in [-0.15, -0.1) is 0 Å². The quantitative estimate of drug-likeness (QED) is 0.118. The number of aliphatic hydroxyl groups is 1. The number of sulfone groups is 1. The number of benzene rings is 3. The average Bonchev–Trinajstić information content (AvgIpc) is 3.49. The Bertz CT molecular complexity index is 2060. The Balaban J connectivity index is 1.49. The van der Waals surface area contributed by atoms with Gasteiger partial charge in [0, 0.05) is 24.8 Å². The molecule has 14 heteroatoms. The minimum Gasteiger partial charge on any atom is -0.497 e. The summed E-state index contributed by atoms with van der Waals surface area (Å²) in [6, 6.07) is 22.1. The summed E-state index contributed by atoms with van der Waals surface area (Å²) in [6.07, 6.45) is -1.15. The van der Waals surface area contributed by atoms with Crippen molar-refractivity contribution in [3.63, 3.8) is 0 Å². The molecular weight excluding hydrogens is 729 g/mol. The standard InChI is InChI=1S/C40H52N2O10SSi/c1-27-24-42(38(45)41-37(27)44)36-23-34(43)35(52-36)25-50-40(30-13-17-32(48-5)18-14-30,31-15-19-33(49-6)20-16-31)29-11-9-28(10-12-29)26-53(46,47)22-21-51-54(7,8)39(2,3)4/h9-20,24,34-36,43H,21-23,25-26H2,1-8H3,(H,41,44,45)/t34-,35+,36+/m0/s1. The predicted octanol–water partition coefficient (Wildman–Crippen LogP) is 5.46. The van der Waals surface area contributed by atoms with Crippen LogP contribution in [0.4, 0.5) is 0 Å². The first kappa shape index (κ1) is 41.1. The molecule has 3 aromatic carbocycles. The molecule has 0 spiro atoms. The predicted molar refractivity (Wildman–Crippen MR) is 209 cm³/mol. The van der Waals surface area contributed by atoms with Crippen LogP contribution in [0.2, 0.25) is 18.1 Å². The van der Waals surface area contributed by atoms with Crippen LogP contribution in [0, 0.1) is 6.92 Å². The molecule has 0 amide bonds. The van der Waals surface area contributed by atoms with Crippen LogP contribution in [0.5, 0.6) is 11.5 Å². The van der Waals surface area contributed by atoms with Crippen molar-refractivity contribution in [1.29, 1.82) is 0 Å². The molecule has 0 saturated carbocycles. The highest BCUT2D eigenvalue weighted by Gasteiger charge is 2.42. The van der Waals surface area contributed by atoms with Crippen LogP contribution in [0.25, 0.3) is 0 Å². The van der Waals surface area contributed by atoms with Crippen molar-refractivity contribution < 1.29 is 36.9 Å². The Kier molecular flexibility index (Phi) is 12.5. The number of ether oxygens (including phenoxy) is 4. The normalized spacial score (nSPS) is 18.1. The molecule has 3 atom stereocenters. The number of hydrogen-bond acceptors (Lipinski definition) is 10. The Labute approximate surface area is 318 Å². The van der Waals surface area contributed by atoms with Crippen molar-refractivity contribution in [2.75, 3.05) is 33.2 Å². The molecular formula is C40H52N2O10SSi. The molecule has 0 aliphatic carbocycles. The lowest BCUT2D eigenvalue weighted by Crippen LogP contribution is -2.41. The van der Waals surface area contributed by atoms with Gasteiger partial charge in [-0.3, -0.25) is 14.3 Å². The van der Waals surface area contributed by atoms with Crippen LogP contribution in [0.3, 0.4) is 0 Å². The first-order chi connectivity index (χ1) is 25.4. The first-order valence-electron chi connectivity index (χ1n) is 17.9. The van der Waals surface area contributed by atoms with Gasteiger partial charge in [0.25, 0.3) is 5.56 Å². The van der Waals surface area contributed by atoms with E-state index in [1.807, 2.05) is 60.7 Å². The molecule has 4 aromatic rings. The number of methoxy groups -OCH3 is 2. The summed E-state index contributed by atoms with van der Waals surface area (Å²) >= 11 is 0. The van der Waals surface area contributed by atoms with Crippen molar-refractivity contribution in [2.24, 2.45) is 0 Å². The molecule has 2 N–H and O–H groups in total. The second kappa shape index (κ2) is 16.4. The monoisotopic (exact) mass is 780 g/mol. The van der Waals surface area contributed by atoms with E-state index < -0.39 is 53.4 Å². The Morgan fingerprint density at radius 1 is 0.889 bits per heavy atom. The third-order valence-corrected chi connectivity index (χ3v) is 16.6. The lowest BCUT2D eigenvalue weighted by Gasteiger charge is -2.37. The zero-order chi connectivity index (χ0) is 39.5. The maximum Gasteiger partial charge on any atom is 0.330 e. The lowest BCUT2D eigenvalue weighted by molar-refractivity contribution is -0.0944. The Morgan fingerprint density at radius 2 is 1.41 bits per heavy atom. The van der Waals surface area contributed by atoms with E-state index in [1.54, 1.807) is 33.3 Å². The summed E-state index contributed by atoms with van der Waals surface area (Å²) in [5, 5.41) is 11.2. The minimum absolute atomic E-state index is 0.0272. The van der Waals surface area contributed by atoms with Crippen LogP contribution in [-0.2, 0) is 35.1 Å². The molecule has 1 aromatic heterocycles. The summed E-state index contributed by atoms with van der Waals surface area (Å²) in [4.78, 5) is 27.0. The van der Waals surface area contributed by atoms with E-state index in [1.165, 1.54) is 10.8 Å². The van der Waals surface area contributed by atoms with E-state index in [0.717, 1.165) is 11.1 Å². The van der Waals surface area contributed by atoms with Crippen molar-refractivity contribution in [3.05, 3.63) is 128 Å². The summed E-state index contributed by atoms with van der Waals surface area (Å²) in [5.74, 6) is 1.04. The van der Waals surface area contributed by atoms with Crippen LogP contribution in [0.15, 0.2) is 88.6 Å². The number of aryl methyl sites for hydroxylation is 1. The molecule has 2 heterocycles. The van der Waals surface area contributed by atoms with E-state index in [9.17, 15) is 23.1 Å². The average molecular weight is 781 g/mol. The van der Waals surface area contributed by atoms with Crippen molar-refractivity contribution in [2.45, 2.75) is 82.0 Å². The summed E-state index contributed by atoms with van der Waals surface area (Å²) in [7, 11) is -2.42. The molecule has 54 heavy (non-hydrogen) atoms. The second-order valence-corrected chi connectivity index (χ2v) is 22.3. The van der Waals surface area contributed by atoms with Crippen LogP contribution in [-0.4, -0.2) is 76.8 Å². The van der Waals surface area contributed by atoms with Crippen molar-refractivity contribution >= 4 is 18.2 Å². The van der Waals surface area contributed by atoms with E-state index in [0.29, 0.717) is 28.2 Å². The van der Waals surface area contributed by atoms with E-state index in [4.69, 9.17) is 23.4 Å². The van der Waals surface area contributed by atoms with Gasteiger partial charge in [0.1, 0.15) is 29.4 Å². The number of hydrogen-bond donors (Lipinski definition) is 2. The molecule has 0 unspecified atom stereocenters. The molecule has 1 aliphatic rings. The fourth-order valence-electron chi connectivity index (χ4n) is 6.25. The summed E-state index contributed by atoms with van der Waals surface area (Å²) in [5.41, 5.74) is 0.681. The van der Waals surface area contributed by atoms with Crippen molar-refractivity contribution in [3.8, 4) is 11.5 Å². The van der Waals surface area contributed by atoms with Gasteiger partial charge < -0.3 is 28.5 Å². The first-order valence-corrected chi connectivity index (χ1v) is 22.6. The maximum atomic E-state index is 13.3. The molecule has 0 bridgehead atoms. The molecule has 12 nitrogen and oxygen atoms in total. The fourth-order valence-corrected chi connectivity index (χ4v) is 8.62. The number of aliphatic hydroxyl groups excluding tert-OH is 1. The molecule has 292 valence electrons. The van der Waals surface area contributed by atoms with Crippen LogP contribution in [0.1, 0.15) is 61.2 Å². The van der Waals surface area contributed by atoms with Gasteiger partial charge in [-0.05, 0) is 71.6 Å². The number of rotatable bonds is 15. The lowest BCUT2D eigenvalue weighted by atomic mass is 9.79. The molecule has 1 aliphatic heterocycles. The topological polar surface area (TPSA) is 155 Å². The third kappa shape index (κ3) is 9.07. The zero-order valence-electron chi connectivity index (χ0n) is 32.3. The maximum absolute atomic E-state index is 13.3. The number of nitrogens with one attached hydrogen (secondary N) is 1. The van der Waals surface area contributed by atoms with Crippen LogP contribution < -0.4 is 20.7 Å². The molecule has 0 radical (unpaired) electrons. The smallest absolute Gasteiger partial charge is 0.330 e. The zero-order valence-corrected chi connectivity index (χ0v) is 34.1. The van der Waals surface area contributed by atoms with Gasteiger partial charge in [0.05, 0.1) is 38.4 Å². The second-order valence-electron chi connectivity index (χ2n) is 15.3. The van der Waals surface area contributed by atoms with Gasteiger partial charge in [0.2, 0.25) is 0 Å². The van der Waals surface area contributed by atoms with Gasteiger partial charge in [0.15, 0.2) is 18.2 Å². The fraction of sp³-hybridized carbons (Fsp3) is 0.450. The highest BCUT2D eigenvalue weighted by atomic mass is 32.2. The summed E-state index contributed by atoms with van der Waals surface area (Å²) < 4.78 is 58.0. The number of nitrogens with zero attached hydrogens (tertiary/aromatic N) is 1. The number of H-pyrrole nitrogens is 1. The Hall–Kier alpha value is -4.05. The summed E-state index contributed by atoms with van der Waals surface area (Å²) in [6.45, 7) is 12.2. The molecule has 1 saturated heterocycles. The largest absolute Gasteiger partial charge is 0.497 e. The van der Waals surface area contributed by atoms with Crippen LogP contribution >= 0.6 is 0 Å². The van der Waals surface area contributed by atoms with E-state index >= 15 is 0 Å². The SMILES string of the molecule is COc1ccc(C(OC[C@H]2O[C@@H](n3cc(C)c(=O)[nH]c3=O)C[C@@H]2O)(c2ccc(CS(=O)(=O)CCO[Si](C)(C)C(C)(C)C)cc2)c2ccc(OC)cc2)cc1. The van der Waals surface area contributed by atoms with Gasteiger partial charge in [-0.2, -0.15) is 0 Å². The third-order valence-electron chi connectivity index (χ3n) is 10.5. The molecule has 5 rings (SSSR count). The van der Waals surface area contributed by atoms with Gasteiger partial charge >= 0.3 is 5.69 Å².